The first-order valence-electron chi connectivity index (χ1n) is 7.95. The van der Waals surface area contributed by atoms with Crippen LogP contribution >= 0.6 is 0 Å². The van der Waals surface area contributed by atoms with Gasteiger partial charge in [-0.15, -0.1) is 20.4 Å². The van der Waals surface area contributed by atoms with Crippen LogP contribution < -0.4 is 5.32 Å². The van der Waals surface area contributed by atoms with Gasteiger partial charge in [-0.05, 0) is 12.0 Å². The van der Waals surface area contributed by atoms with Crippen molar-refractivity contribution in [2.24, 2.45) is 5.92 Å². The number of hydrogen-bond acceptors (Lipinski definition) is 6. The SMILES string of the molecule is CC(C)C(=O)CCCC(=O)NCc1ccc(-c2nncnn2)cc1. The van der Waals surface area contributed by atoms with Crippen molar-refractivity contribution in [2.45, 2.75) is 39.7 Å². The number of ketones is 1. The zero-order chi connectivity index (χ0) is 17.4. The number of amides is 1. The molecule has 0 spiro atoms. The lowest BCUT2D eigenvalue weighted by Gasteiger charge is -2.07. The van der Waals surface area contributed by atoms with E-state index in [1.807, 2.05) is 38.1 Å². The van der Waals surface area contributed by atoms with Gasteiger partial charge in [0.05, 0.1) is 0 Å². The van der Waals surface area contributed by atoms with Gasteiger partial charge < -0.3 is 5.32 Å². The van der Waals surface area contributed by atoms with Crippen LogP contribution in [-0.4, -0.2) is 32.1 Å². The van der Waals surface area contributed by atoms with Crippen LogP contribution in [0, 0.1) is 5.92 Å². The number of nitrogens with one attached hydrogen (secondary N) is 1. The molecule has 2 rings (SSSR count). The number of Topliss-reactive ketones (excluding diaryl/α,β-unsaturated/α-hetero) is 1. The summed E-state index contributed by atoms with van der Waals surface area (Å²) in [5, 5.41) is 18.0. The summed E-state index contributed by atoms with van der Waals surface area (Å²) in [6, 6.07) is 7.52. The summed E-state index contributed by atoms with van der Waals surface area (Å²) in [5.41, 5.74) is 1.79. The van der Waals surface area contributed by atoms with Gasteiger partial charge in [-0.2, -0.15) is 0 Å². The predicted molar refractivity (Wildman–Crippen MR) is 88.6 cm³/mol. The molecule has 1 N–H and O–H groups in total. The van der Waals surface area contributed by atoms with Crippen LogP contribution in [0.4, 0.5) is 0 Å². The molecule has 0 radical (unpaired) electrons. The van der Waals surface area contributed by atoms with Gasteiger partial charge in [0.25, 0.3) is 0 Å². The lowest BCUT2D eigenvalue weighted by molar-refractivity contribution is -0.123. The third-order valence-corrected chi connectivity index (χ3v) is 3.58. The van der Waals surface area contributed by atoms with Gasteiger partial charge in [0.15, 0.2) is 6.33 Å². The molecule has 1 heterocycles. The minimum absolute atomic E-state index is 0.0329. The molecule has 126 valence electrons. The van der Waals surface area contributed by atoms with Crippen molar-refractivity contribution in [1.29, 1.82) is 0 Å². The van der Waals surface area contributed by atoms with E-state index in [1.165, 1.54) is 6.33 Å². The van der Waals surface area contributed by atoms with Crippen molar-refractivity contribution in [2.75, 3.05) is 0 Å². The fourth-order valence-corrected chi connectivity index (χ4v) is 2.09. The Morgan fingerprint density at radius 2 is 1.71 bits per heavy atom. The van der Waals surface area contributed by atoms with Crippen LogP contribution in [0.5, 0.6) is 0 Å². The summed E-state index contributed by atoms with van der Waals surface area (Å²) in [6.07, 6.45) is 2.69. The van der Waals surface area contributed by atoms with Gasteiger partial charge in [-0.3, -0.25) is 9.59 Å². The molecule has 1 aromatic carbocycles. The van der Waals surface area contributed by atoms with Crippen molar-refractivity contribution >= 4 is 11.7 Å². The summed E-state index contributed by atoms with van der Waals surface area (Å²) in [6.45, 7) is 4.20. The number of carbonyl (C=O) groups is 2. The molecular formula is C17H21N5O2. The minimum atomic E-state index is -0.0459. The van der Waals surface area contributed by atoms with E-state index >= 15 is 0 Å². The first kappa shape index (κ1) is 17.7. The summed E-state index contributed by atoms with van der Waals surface area (Å²) < 4.78 is 0. The van der Waals surface area contributed by atoms with E-state index in [0.717, 1.165) is 11.1 Å². The van der Waals surface area contributed by atoms with Crippen LogP contribution in [-0.2, 0) is 16.1 Å². The average molecular weight is 327 g/mol. The average Bonchev–Trinajstić information content (AvgIpc) is 2.61. The van der Waals surface area contributed by atoms with Crippen molar-refractivity contribution in [3.63, 3.8) is 0 Å². The normalized spacial score (nSPS) is 10.6. The van der Waals surface area contributed by atoms with E-state index in [4.69, 9.17) is 0 Å². The zero-order valence-electron chi connectivity index (χ0n) is 13.9. The van der Waals surface area contributed by atoms with E-state index in [9.17, 15) is 9.59 Å². The topological polar surface area (TPSA) is 97.7 Å². The summed E-state index contributed by atoms with van der Waals surface area (Å²) in [7, 11) is 0. The fourth-order valence-electron chi connectivity index (χ4n) is 2.09. The molecule has 0 saturated heterocycles. The van der Waals surface area contributed by atoms with Gasteiger partial charge in [0.2, 0.25) is 11.7 Å². The van der Waals surface area contributed by atoms with Gasteiger partial charge >= 0.3 is 0 Å². The molecule has 0 bridgehead atoms. The highest BCUT2D eigenvalue weighted by molar-refractivity contribution is 5.81. The Morgan fingerprint density at radius 1 is 1.04 bits per heavy atom. The Labute approximate surface area is 140 Å². The third-order valence-electron chi connectivity index (χ3n) is 3.58. The van der Waals surface area contributed by atoms with Crippen molar-refractivity contribution in [1.82, 2.24) is 25.7 Å². The number of rotatable bonds is 8. The molecule has 0 atom stereocenters. The first-order valence-corrected chi connectivity index (χ1v) is 7.95. The van der Waals surface area contributed by atoms with E-state index < -0.39 is 0 Å². The number of benzene rings is 1. The number of aromatic nitrogens is 4. The fraction of sp³-hybridized carbons (Fsp3) is 0.412. The molecule has 0 aliphatic rings. The van der Waals surface area contributed by atoms with Gasteiger partial charge in [0.1, 0.15) is 5.78 Å². The van der Waals surface area contributed by atoms with E-state index in [0.29, 0.717) is 31.6 Å². The summed E-state index contributed by atoms with van der Waals surface area (Å²) in [4.78, 5) is 23.3. The number of carbonyl (C=O) groups excluding carboxylic acids is 2. The molecule has 0 fully saturated rings. The van der Waals surface area contributed by atoms with Crippen LogP contribution in [0.1, 0.15) is 38.7 Å². The lowest BCUT2D eigenvalue weighted by Crippen LogP contribution is -2.22. The van der Waals surface area contributed by atoms with Crippen LogP contribution in [0.25, 0.3) is 11.4 Å². The Balaban J connectivity index is 1.76. The monoisotopic (exact) mass is 327 g/mol. The van der Waals surface area contributed by atoms with Crippen LogP contribution in [0.15, 0.2) is 30.6 Å². The van der Waals surface area contributed by atoms with Crippen LogP contribution in [0.2, 0.25) is 0 Å². The Kier molecular flexibility index (Phi) is 6.48. The molecule has 0 aliphatic heterocycles. The standard InChI is InChI=1S/C17H21N5O2/c1-12(2)15(23)4-3-5-16(24)18-10-13-6-8-14(9-7-13)17-21-19-11-20-22-17/h6-9,11-12H,3-5,10H2,1-2H3,(H,18,24). The number of hydrogen-bond donors (Lipinski definition) is 1. The maximum absolute atomic E-state index is 11.8. The molecule has 0 saturated carbocycles. The Bertz CT molecular complexity index is 671. The van der Waals surface area contributed by atoms with Gasteiger partial charge in [-0.1, -0.05) is 38.1 Å². The zero-order valence-corrected chi connectivity index (χ0v) is 13.9. The Hall–Kier alpha value is -2.70. The molecule has 1 amide bonds. The van der Waals surface area contributed by atoms with Crippen LogP contribution in [0.3, 0.4) is 0 Å². The molecule has 2 aromatic rings. The second-order valence-corrected chi connectivity index (χ2v) is 5.82. The minimum Gasteiger partial charge on any atom is -0.352 e. The molecule has 7 nitrogen and oxygen atoms in total. The molecule has 0 aliphatic carbocycles. The molecule has 0 unspecified atom stereocenters. The number of nitrogens with zero attached hydrogens (tertiary/aromatic N) is 4. The second-order valence-electron chi connectivity index (χ2n) is 5.82. The highest BCUT2D eigenvalue weighted by atomic mass is 16.1. The quantitative estimate of drug-likeness (QED) is 0.796. The second kappa shape index (κ2) is 8.81. The highest BCUT2D eigenvalue weighted by Gasteiger charge is 2.08. The van der Waals surface area contributed by atoms with Crippen molar-refractivity contribution in [3.05, 3.63) is 36.2 Å². The van der Waals surface area contributed by atoms with Crippen molar-refractivity contribution < 1.29 is 9.59 Å². The van der Waals surface area contributed by atoms with E-state index in [1.54, 1.807) is 0 Å². The Morgan fingerprint density at radius 3 is 2.33 bits per heavy atom. The maximum Gasteiger partial charge on any atom is 0.220 e. The smallest absolute Gasteiger partial charge is 0.220 e. The summed E-state index contributed by atoms with van der Waals surface area (Å²) in [5.74, 6) is 0.648. The molecular weight excluding hydrogens is 306 g/mol. The predicted octanol–water partition coefficient (Wildman–Crippen LogP) is 1.95. The molecule has 1 aromatic heterocycles. The summed E-state index contributed by atoms with van der Waals surface area (Å²) >= 11 is 0. The molecule has 24 heavy (non-hydrogen) atoms. The van der Waals surface area contributed by atoms with Gasteiger partial charge in [-0.25, -0.2) is 0 Å². The van der Waals surface area contributed by atoms with E-state index in [2.05, 4.69) is 25.7 Å². The largest absolute Gasteiger partial charge is 0.352 e. The lowest BCUT2D eigenvalue weighted by atomic mass is 10.0. The highest BCUT2D eigenvalue weighted by Crippen LogP contribution is 2.13. The van der Waals surface area contributed by atoms with E-state index in [-0.39, 0.29) is 17.6 Å². The molecule has 7 heteroatoms. The van der Waals surface area contributed by atoms with Gasteiger partial charge in [0, 0.05) is 30.9 Å². The third kappa shape index (κ3) is 5.49. The van der Waals surface area contributed by atoms with Crippen molar-refractivity contribution in [3.8, 4) is 11.4 Å². The first-order chi connectivity index (χ1) is 11.6. The maximum atomic E-state index is 11.8.